The summed E-state index contributed by atoms with van der Waals surface area (Å²) in [4.78, 5) is 25.1. The summed E-state index contributed by atoms with van der Waals surface area (Å²) in [6, 6.07) is 0.203. The summed E-state index contributed by atoms with van der Waals surface area (Å²) >= 11 is 0. The SMILES string of the molecule is CC(C)NC(=O)C(C)NCC(=O)N(C)C1CC1. The zero-order valence-electron chi connectivity index (χ0n) is 11.1. The molecule has 1 aliphatic carbocycles. The van der Waals surface area contributed by atoms with Crippen LogP contribution in [0.15, 0.2) is 0 Å². The number of nitrogens with zero attached hydrogens (tertiary/aromatic N) is 1. The Balaban J connectivity index is 2.24. The van der Waals surface area contributed by atoms with Gasteiger partial charge in [-0.2, -0.15) is 0 Å². The van der Waals surface area contributed by atoms with Crippen LogP contribution in [0.4, 0.5) is 0 Å². The smallest absolute Gasteiger partial charge is 0.237 e. The van der Waals surface area contributed by atoms with Gasteiger partial charge in [-0.05, 0) is 33.6 Å². The highest BCUT2D eigenvalue weighted by Crippen LogP contribution is 2.25. The lowest BCUT2D eigenvalue weighted by Crippen LogP contribution is -2.48. The number of nitrogens with one attached hydrogen (secondary N) is 2. The Morgan fingerprint density at radius 1 is 1.29 bits per heavy atom. The van der Waals surface area contributed by atoms with Gasteiger partial charge in [0.05, 0.1) is 12.6 Å². The van der Waals surface area contributed by atoms with Crippen molar-refractivity contribution < 1.29 is 9.59 Å². The van der Waals surface area contributed by atoms with Crippen molar-refractivity contribution in [2.75, 3.05) is 13.6 Å². The Kier molecular flexibility index (Phi) is 4.93. The standard InChI is InChI=1S/C12H23N3O2/c1-8(2)14-12(17)9(3)13-7-11(16)15(4)10-5-6-10/h8-10,13H,5-7H2,1-4H3,(H,14,17). The summed E-state index contributed by atoms with van der Waals surface area (Å²) in [6.07, 6.45) is 2.21. The van der Waals surface area contributed by atoms with E-state index in [1.807, 2.05) is 20.9 Å². The van der Waals surface area contributed by atoms with Crippen LogP contribution >= 0.6 is 0 Å². The molecular weight excluding hydrogens is 218 g/mol. The number of hydrogen-bond acceptors (Lipinski definition) is 3. The van der Waals surface area contributed by atoms with Crippen molar-refractivity contribution in [2.45, 2.75) is 51.7 Å². The van der Waals surface area contributed by atoms with Gasteiger partial charge in [0.1, 0.15) is 0 Å². The lowest BCUT2D eigenvalue weighted by molar-refractivity contribution is -0.129. The maximum absolute atomic E-state index is 11.7. The largest absolute Gasteiger partial charge is 0.353 e. The van der Waals surface area contributed by atoms with E-state index in [-0.39, 0.29) is 30.4 Å². The molecular formula is C12H23N3O2. The van der Waals surface area contributed by atoms with Gasteiger partial charge in [-0.25, -0.2) is 0 Å². The minimum absolute atomic E-state index is 0.0525. The van der Waals surface area contributed by atoms with E-state index in [1.54, 1.807) is 11.8 Å². The van der Waals surface area contributed by atoms with E-state index in [9.17, 15) is 9.59 Å². The molecule has 1 fully saturated rings. The van der Waals surface area contributed by atoms with Crippen LogP contribution in [0.3, 0.4) is 0 Å². The minimum atomic E-state index is -0.339. The van der Waals surface area contributed by atoms with Gasteiger partial charge in [-0.3, -0.25) is 14.9 Å². The van der Waals surface area contributed by atoms with Crippen molar-refractivity contribution in [2.24, 2.45) is 0 Å². The average Bonchev–Trinajstić information content (AvgIpc) is 3.06. The fraction of sp³-hybridized carbons (Fsp3) is 0.833. The van der Waals surface area contributed by atoms with E-state index in [0.717, 1.165) is 12.8 Å². The predicted molar refractivity (Wildman–Crippen MR) is 66.5 cm³/mol. The number of rotatable bonds is 6. The van der Waals surface area contributed by atoms with Crippen LogP contribution in [-0.4, -0.2) is 48.4 Å². The molecule has 0 spiro atoms. The molecule has 1 rings (SSSR count). The lowest BCUT2D eigenvalue weighted by atomic mass is 10.2. The fourth-order valence-corrected chi connectivity index (χ4v) is 1.53. The molecule has 0 heterocycles. The zero-order chi connectivity index (χ0) is 13.0. The third-order valence-electron chi connectivity index (χ3n) is 2.87. The fourth-order valence-electron chi connectivity index (χ4n) is 1.53. The Bertz CT molecular complexity index is 287. The first-order valence-electron chi connectivity index (χ1n) is 6.21. The molecule has 5 nitrogen and oxygen atoms in total. The molecule has 1 aliphatic rings. The van der Waals surface area contributed by atoms with Crippen LogP contribution in [0.1, 0.15) is 33.6 Å². The third kappa shape index (κ3) is 4.73. The Morgan fingerprint density at radius 3 is 2.35 bits per heavy atom. The van der Waals surface area contributed by atoms with E-state index in [2.05, 4.69) is 10.6 Å². The van der Waals surface area contributed by atoms with Crippen molar-refractivity contribution in [3.05, 3.63) is 0 Å². The zero-order valence-corrected chi connectivity index (χ0v) is 11.1. The quantitative estimate of drug-likeness (QED) is 0.694. The molecule has 0 aromatic rings. The van der Waals surface area contributed by atoms with E-state index in [0.29, 0.717) is 6.04 Å². The molecule has 5 heteroatoms. The van der Waals surface area contributed by atoms with E-state index >= 15 is 0 Å². The molecule has 98 valence electrons. The molecule has 0 aromatic heterocycles. The van der Waals surface area contributed by atoms with Crippen LogP contribution in [0.5, 0.6) is 0 Å². The van der Waals surface area contributed by atoms with Gasteiger partial charge in [0.2, 0.25) is 11.8 Å². The van der Waals surface area contributed by atoms with Gasteiger partial charge in [0.25, 0.3) is 0 Å². The predicted octanol–water partition coefficient (Wildman–Crippen LogP) is 0.110. The molecule has 1 saturated carbocycles. The van der Waals surface area contributed by atoms with Crippen LogP contribution in [0.2, 0.25) is 0 Å². The van der Waals surface area contributed by atoms with Crippen molar-refractivity contribution in [3.63, 3.8) is 0 Å². The summed E-state index contributed by atoms with van der Waals surface area (Å²) in [5.41, 5.74) is 0. The highest BCUT2D eigenvalue weighted by Gasteiger charge is 2.29. The van der Waals surface area contributed by atoms with Crippen LogP contribution in [-0.2, 0) is 9.59 Å². The first-order valence-corrected chi connectivity index (χ1v) is 6.21. The molecule has 1 atom stereocenters. The monoisotopic (exact) mass is 241 g/mol. The van der Waals surface area contributed by atoms with Gasteiger partial charge in [-0.1, -0.05) is 0 Å². The van der Waals surface area contributed by atoms with E-state index < -0.39 is 0 Å². The van der Waals surface area contributed by atoms with Gasteiger partial charge >= 0.3 is 0 Å². The van der Waals surface area contributed by atoms with Crippen molar-refractivity contribution in [1.82, 2.24) is 15.5 Å². The minimum Gasteiger partial charge on any atom is -0.353 e. The maximum Gasteiger partial charge on any atom is 0.237 e. The van der Waals surface area contributed by atoms with Crippen LogP contribution < -0.4 is 10.6 Å². The normalized spacial score (nSPS) is 16.8. The van der Waals surface area contributed by atoms with E-state index in [4.69, 9.17) is 0 Å². The molecule has 17 heavy (non-hydrogen) atoms. The number of hydrogen-bond donors (Lipinski definition) is 2. The maximum atomic E-state index is 11.7. The van der Waals surface area contributed by atoms with E-state index in [1.165, 1.54) is 0 Å². The highest BCUT2D eigenvalue weighted by molar-refractivity contribution is 5.83. The number of amides is 2. The first-order chi connectivity index (χ1) is 7.91. The summed E-state index contributed by atoms with van der Waals surface area (Å²) in [7, 11) is 1.82. The van der Waals surface area contributed by atoms with Crippen LogP contribution in [0.25, 0.3) is 0 Å². The van der Waals surface area contributed by atoms with Crippen molar-refractivity contribution in [3.8, 4) is 0 Å². The molecule has 0 aromatic carbocycles. The molecule has 0 bridgehead atoms. The topological polar surface area (TPSA) is 61.4 Å². The molecule has 1 unspecified atom stereocenters. The highest BCUT2D eigenvalue weighted by atomic mass is 16.2. The molecule has 0 saturated heterocycles. The number of carbonyl (C=O) groups excluding carboxylic acids is 2. The van der Waals surface area contributed by atoms with Gasteiger partial charge in [0, 0.05) is 19.1 Å². The lowest BCUT2D eigenvalue weighted by Gasteiger charge is -2.19. The molecule has 2 amide bonds. The second-order valence-electron chi connectivity index (χ2n) is 5.00. The van der Waals surface area contributed by atoms with Crippen molar-refractivity contribution >= 4 is 11.8 Å². The average molecular weight is 241 g/mol. The van der Waals surface area contributed by atoms with Gasteiger partial charge in [0.15, 0.2) is 0 Å². The Morgan fingerprint density at radius 2 is 1.88 bits per heavy atom. The third-order valence-corrected chi connectivity index (χ3v) is 2.87. The summed E-state index contributed by atoms with van der Waals surface area (Å²) in [5.74, 6) is -0.0152. The molecule has 0 radical (unpaired) electrons. The van der Waals surface area contributed by atoms with Crippen LogP contribution in [0, 0.1) is 0 Å². The van der Waals surface area contributed by atoms with Crippen molar-refractivity contribution in [1.29, 1.82) is 0 Å². The van der Waals surface area contributed by atoms with Gasteiger partial charge < -0.3 is 10.2 Å². The summed E-state index contributed by atoms with van der Waals surface area (Å²) < 4.78 is 0. The Hall–Kier alpha value is -1.10. The second kappa shape index (κ2) is 6.00. The summed E-state index contributed by atoms with van der Waals surface area (Å²) in [5, 5.41) is 5.75. The second-order valence-corrected chi connectivity index (χ2v) is 5.00. The first kappa shape index (κ1) is 14.0. The number of likely N-dealkylation sites (N-methyl/N-ethyl adjacent to an activating group) is 1. The summed E-state index contributed by atoms with van der Waals surface area (Å²) in [6.45, 7) is 5.81. The molecule has 2 N–H and O–H groups in total. The van der Waals surface area contributed by atoms with Gasteiger partial charge in [-0.15, -0.1) is 0 Å². The Labute approximate surface area is 103 Å². The number of carbonyl (C=O) groups is 2. The molecule has 0 aliphatic heterocycles.